The zero-order valence-electron chi connectivity index (χ0n) is 8.92. The molecule has 1 rings (SSSR count). The van der Waals surface area contributed by atoms with Crippen LogP contribution in [0.3, 0.4) is 0 Å². The largest absolute Gasteiger partial charge is 0.296 e. The summed E-state index contributed by atoms with van der Waals surface area (Å²) in [6, 6.07) is 0.674. The first-order valence-corrected chi connectivity index (χ1v) is 5.97. The summed E-state index contributed by atoms with van der Waals surface area (Å²) in [7, 11) is 2.27. The molecule has 0 saturated carbocycles. The zero-order chi connectivity index (χ0) is 9.35. The highest BCUT2D eigenvalue weighted by molar-refractivity contribution is 8.00. The summed E-state index contributed by atoms with van der Waals surface area (Å²) < 4.78 is 0. The smallest absolute Gasteiger partial charge is 0.0412 e. The second-order valence-electron chi connectivity index (χ2n) is 4.46. The topological polar surface area (TPSA) is 3.24 Å². The Labute approximate surface area is 80.9 Å². The van der Waals surface area contributed by atoms with Gasteiger partial charge in [0.2, 0.25) is 0 Å². The maximum absolute atomic E-state index is 2.55. The van der Waals surface area contributed by atoms with E-state index >= 15 is 0 Å². The van der Waals surface area contributed by atoms with Crippen LogP contribution < -0.4 is 0 Å². The third-order valence-corrected chi connectivity index (χ3v) is 4.66. The van der Waals surface area contributed by atoms with Crippen LogP contribution in [-0.2, 0) is 0 Å². The lowest BCUT2D eigenvalue weighted by Gasteiger charge is -2.53. The molecule has 1 aliphatic heterocycles. The van der Waals surface area contributed by atoms with Crippen LogP contribution in [0.25, 0.3) is 0 Å². The maximum Gasteiger partial charge on any atom is 0.0412 e. The van der Waals surface area contributed by atoms with Gasteiger partial charge in [-0.05, 0) is 26.8 Å². The Morgan fingerprint density at radius 3 is 1.75 bits per heavy atom. The molecule has 0 amide bonds. The number of hydrogen-bond acceptors (Lipinski definition) is 2. The highest BCUT2D eigenvalue weighted by Crippen LogP contribution is 2.40. The van der Waals surface area contributed by atoms with E-state index in [1.165, 1.54) is 11.5 Å². The molecule has 1 saturated heterocycles. The van der Waals surface area contributed by atoms with Crippen molar-refractivity contribution in [2.75, 3.05) is 18.6 Å². The molecule has 12 heavy (non-hydrogen) atoms. The standard InChI is InChI=1S/C10H21NS/c1-8(2)10(6-12-7-10)11(5)9(3)4/h8-9H,6-7H2,1-5H3. The van der Waals surface area contributed by atoms with Crippen molar-refractivity contribution >= 4 is 11.8 Å². The Bertz CT molecular complexity index is 150. The molecular weight excluding hydrogens is 166 g/mol. The minimum atomic E-state index is 0.499. The van der Waals surface area contributed by atoms with E-state index in [1.54, 1.807) is 0 Å². The third-order valence-electron chi connectivity index (χ3n) is 3.26. The van der Waals surface area contributed by atoms with Gasteiger partial charge in [0.1, 0.15) is 0 Å². The molecule has 0 aromatic heterocycles. The summed E-state index contributed by atoms with van der Waals surface area (Å²) in [5.41, 5.74) is 0.499. The van der Waals surface area contributed by atoms with Crippen LogP contribution in [0.2, 0.25) is 0 Å². The quantitative estimate of drug-likeness (QED) is 0.668. The van der Waals surface area contributed by atoms with Crippen molar-refractivity contribution < 1.29 is 0 Å². The first-order chi connectivity index (χ1) is 5.50. The molecule has 0 unspecified atom stereocenters. The fraction of sp³-hybridized carbons (Fsp3) is 1.00. The van der Waals surface area contributed by atoms with Crippen LogP contribution in [0.1, 0.15) is 27.7 Å². The second-order valence-corrected chi connectivity index (χ2v) is 5.44. The lowest BCUT2D eigenvalue weighted by molar-refractivity contribution is 0.0742. The minimum Gasteiger partial charge on any atom is -0.296 e. The summed E-state index contributed by atoms with van der Waals surface area (Å²) >= 11 is 2.08. The van der Waals surface area contributed by atoms with Crippen molar-refractivity contribution in [2.45, 2.75) is 39.3 Å². The Morgan fingerprint density at radius 1 is 1.17 bits per heavy atom. The van der Waals surface area contributed by atoms with Crippen LogP contribution >= 0.6 is 11.8 Å². The third kappa shape index (κ3) is 1.51. The van der Waals surface area contributed by atoms with Gasteiger partial charge in [0, 0.05) is 23.1 Å². The van der Waals surface area contributed by atoms with E-state index in [9.17, 15) is 0 Å². The first kappa shape index (κ1) is 10.4. The van der Waals surface area contributed by atoms with E-state index in [2.05, 4.69) is 51.4 Å². The summed E-state index contributed by atoms with van der Waals surface area (Å²) in [5, 5.41) is 0. The van der Waals surface area contributed by atoms with Gasteiger partial charge in [-0.15, -0.1) is 0 Å². The Hall–Kier alpha value is 0.310. The van der Waals surface area contributed by atoms with Gasteiger partial charge < -0.3 is 0 Å². The Kier molecular flexibility index (Phi) is 3.11. The molecule has 0 aromatic rings. The van der Waals surface area contributed by atoms with E-state index in [4.69, 9.17) is 0 Å². The van der Waals surface area contributed by atoms with Gasteiger partial charge in [-0.3, -0.25) is 4.90 Å². The molecule has 0 aromatic carbocycles. The van der Waals surface area contributed by atoms with Gasteiger partial charge >= 0.3 is 0 Å². The molecular formula is C10H21NS. The molecule has 1 heterocycles. The summed E-state index contributed by atoms with van der Waals surface area (Å²) in [6.07, 6.45) is 0. The van der Waals surface area contributed by atoms with Crippen LogP contribution in [0.5, 0.6) is 0 Å². The molecule has 1 nitrogen and oxygen atoms in total. The van der Waals surface area contributed by atoms with Crippen LogP contribution in [0, 0.1) is 5.92 Å². The van der Waals surface area contributed by atoms with E-state index in [0.29, 0.717) is 11.6 Å². The highest BCUT2D eigenvalue weighted by Gasteiger charge is 2.44. The van der Waals surface area contributed by atoms with Crippen molar-refractivity contribution in [3.8, 4) is 0 Å². The first-order valence-electron chi connectivity index (χ1n) is 4.81. The highest BCUT2D eigenvalue weighted by atomic mass is 32.2. The van der Waals surface area contributed by atoms with Crippen LogP contribution in [0.4, 0.5) is 0 Å². The molecule has 0 bridgehead atoms. The van der Waals surface area contributed by atoms with Crippen LogP contribution in [-0.4, -0.2) is 35.0 Å². The van der Waals surface area contributed by atoms with Crippen molar-refractivity contribution in [1.82, 2.24) is 4.90 Å². The lowest BCUT2D eigenvalue weighted by Crippen LogP contribution is -2.62. The average molecular weight is 187 g/mol. The Balaban J connectivity index is 2.66. The van der Waals surface area contributed by atoms with Crippen molar-refractivity contribution in [3.05, 3.63) is 0 Å². The second kappa shape index (κ2) is 3.59. The summed E-state index contributed by atoms with van der Waals surface area (Å²) in [6.45, 7) is 9.26. The number of thioether (sulfide) groups is 1. The van der Waals surface area contributed by atoms with E-state index in [0.717, 1.165) is 5.92 Å². The maximum atomic E-state index is 2.55. The fourth-order valence-electron chi connectivity index (χ4n) is 1.77. The van der Waals surface area contributed by atoms with Gasteiger partial charge in [0.15, 0.2) is 0 Å². The Morgan fingerprint density at radius 2 is 1.67 bits per heavy atom. The molecule has 72 valence electrons. The van der Waals surface area contributed by atoms with Gasteiger partial charge in [-0.1, -0.05) is 13.8 Å². The molecule has 2 heteroatoms. The van der Waals surface area contributed by atoms with Crippen molar-refractivity contribution in [3.63, 3.8) is 0 Å². The van der Waals surface area contributed by atoms with Crippen LogP contribution in [0.15, 0.2) is 0 Å². The zero-order valence-corrected chi connectivity index (χ0v) is 9.74. The molecule has 1 fully saturated rings. The van der Waals surface area contributed by atoms with Crippen molar-refractivity contribution in [1.29, 1.82) is 0 Å². The fourth-order valence-corrected chi connectivity index (χ4v) is 3.47. The van der Waals surface area contributed by atoms with Gasteiger partial charge in [0.05, 0.1) is 0 Å². The number of nitrogens with zero attached hydrogens (tertiary/aromatic N) is 1. The summed E-state index contributed by atoms with van der Waals surface area (Å²) in [4.78, 5) is 2.55. The normalized spacial score (nSPS) is 22.0. The predicted molar refractivity (Wildman–Crippen MR) is 57.8 cm³/mol. The molecule has 0 spiro atoms. The molecule has 0 aliphatic carbocycles. The predicted octanol–water partition coefficient (Wildman–Crippen LogP) is 2.47. The molecule has 1 aliphatic rings. The van der Waals surface area contributed by atoms with Crippen molar-refractivity contribution in [2.24, 2.45) is 5.92 Å². The number of rotatable bonds is 3. The number of hydrogen-bond donors (Lipinski definition) is 0. The molecule has 0 N–H and O–H groups in total. The average Bonchev–Trinajstić information content (AvgIpc) is 1.83. The summed E-state index contributed by atoms with van der Waals surface area (Å²) in [5.74, 6) is 3.42. The van der Waals surface area contributed by atoms with Gasteiger partial charge in [-0.25, -0.2) is 0 Å². The van der Waals surface area contributed by atoms with E-state index in [-0.39, 0.29) is 0 Å². The lowest BCUT2D eigenvalue weighted by atomic mass is 9.87. The van der Waals surface area contributed by atoms with Gasteiger partial charge in [0.25, 0.3) is 0 Å². The van der Waals surface area contributed by atoms with Gasteiger partial charge in [-0.2, -0.15) is 11.8 Å². The molecule has 0 atom stereocenters. The van der Waals surface area contributed by atoms with E-state index < -0.39 is 0 Å². The van der Waals surface area contributed by atoms with E-state index in [1.807, 2.05) is 0 Å². The monoisotopic (exact) mass is 187 g/mol. The molecule has 0 radical (unpaired) electrons. The SMILES string of the molecule is CC(C)N(C)C1(C(C)C)CSC1. The minimum absolute atomic E-state index is 0.499.